The van der Waals surface area contributed by atoms with E-state index in [1.165, 1.54) is 25.7 Å². The topological polar surface area (TPSA) is 38.0 Å². The van der Waals surface area contributed by atoms with Crippen LogP contribution in [0.2, 0.25) is 0 Å². The Morgan fingerprint density at radius 1 is 1.25 bits per heavy atom. The summed E-state index contributed by atoms with van der Waals surface area (Å²) in [5.74, 6) is 0.712. The van der Waals surface area contributed by atoms with Crippen LogP contribution in [0.1, 0.15) is 53.4 Å². The Labute approximate surface area is 101 Å². The molecule has 16 heavy (non-hydrogen) atoms. The molecule has 0 bridgehead atoms. The van der Waals surface area contributed by atoms with Gasteiger partial charge in [0.15, 0.2) is 0 Å². The maximum atomic E-state index is 5.93. The number of hydrogen-bond donors (Lipinski definition) is 2. The van der Waals surface area contributed by atoms with Gasteiger partial charge in [-0.2, -0.15) is 0 Å². The monoisotopic (exact) mass is 226 g/mol. The lowest BCUT2D eigenvalue weighted by atomic mass is 9.81. The van der Waals surface area contributed by atoms with Gasteiger partial charge in [0.25, 0.3) is 0 Å². The molecule has 0 spiro atoms. The molecule has 0 heterocycles. The smallest absolute Gasteiger partial charge is 0.00200 e. The van der Waals surface area contributed by atoms with E-state index in [4.69, 9.17) is 5.73 Å². The van der Waals surface area contributed by atoms with Crippen LogP contribution in [0, 0.1) is 16.7 Å². The van der Waals surface area contributed by atoms with Crippen LogP contribution >= 0.6 is 0 Å². The van der Waals surface area contributed by atoms with E-state index < -0.39 is 0 Å². The van der Waals surface area contributed by atoms with Crippen molar-refractivity contribution in [1.82, 2.24) is 5.32 Å². The molecular formula is C14H30N2. The molecule has 0 radical (unpaired) electrons. The second-order valence-electron chi connectivity index (χ2n) is 6.81. The fraction of sp³-hybridized carbons (Fsp3) is 1.00. The van der Waals surface area contributed by atoms with Crippen molar-refractivity contribution in [2.24, 2.45) is 22.5 Å². The Bertz CT molecular complexity index is 199. The molecule has 0 aromatic carbocycles. The molecule has 0 saturated heterocycles. The van der Waals surface area contributed by atoms with Crippen LogP contribution in [0.25, 0.3) is 0 Å². The molecule has 2 nitrogen and oxygen atoms in total. The average molecular weight is 226 g/mol. The van der Waals surface area contributed by atoms with E-state index in [2.05, 4.69) is 33.0 Å². The van der Waals surface area contributed by atoms with E-state index in [1.54, 1.807) is 0 Å². The maximum Gasteiger partial charge on any atom is 0.00200 e. The molecule has 2 heteroatoms. The Morgan fingerprint density at radius 3 is 2.25 bits per heavy atom. The van der Waals surface area contributed by atoms with Gasteiger partial charge in [-0.3, -0.25) is 0 Å². The van der Waals surface area contributed by atoms with Gasteiger partial charge in [-0.1, -0.05) is 40.5 Å². The Hall–Kier alpha value is -0.0800. The van der Waals surface area contributed by atoms with Crippen LogP contribution in [-0.2, 0) is 0 Å². The zero-order valence-corrected chi connectivity index (χ0v) is 11.6. The normalized spacial score (nSPS) is 22.3. The van der Waals surface area contributed by atoms with E-state index in [0.29, 0.717) is 16.7 Å². The Kier molecular flexibility index (Phi) is 4.81. The van der Waals surface area contributed by atoms with Gasteiger partial charge in [0.2, 0.25) is 0 Å². The van der Waals surface area contributed by atoms with Gasteiger partial charge >= 0.3 is 0 Å². The highest BCUT2D eigenvalue weighted by molar-refractivity contribution is 4.88. The summed E-state index contributed by atoms with van der Waals surface area (Å²) < 4.78 is 0. The minimum absolute atomic E-state index is 0.401. The highest BCUT2D eigenvalue weighted by atomic mass is 14.9. The molecule has 0 aliphatic heterocycles. The summed E-state index contributed by atoms with van der Waals surface area (Å²) in [5, 5.41) is 3.65. The van der Waals surface area contributed by atoms with Crippen molar-refractivity contribution in [2.75, 3.05) is 19.6 Å². The lowest BCUT2D eigenvalue weighted by Crippen LogP contribution is -2.41. The average Bonchev–Trinajstić information content (AvgIpc) is 2.66. The minimum atomic E-state index is 0.401. The summed E-state index contributed by atoms with van der Waals surface area (Å²) in [4.78, 5) is 0. The van der Waals surface area contributed by atoms with E-state index in [1.807, 2.05) is 0 Å². The highest BCUT2D eigenvalue weighted by Crippen LogP contribution is 2.36. The molecular weight excluding hydrogens is 196 g/mol. The molecule has 1 aliphatic rings. The number of nitrogens with one attached hydrogen (secondary N) is 1. The fourth-order valence-electron chi connectivity index (χ4n) is 2.44. The molecule has 3 N–H and O–H groups in total. The van der Waals surface area contributed by atoms with E-state index >= 15 is 0 Å². The van der Waals surface area contributed by atoms with Crippen molar-refractivity contribution < 1.29 is 0 Å². The van der Waals surface area contributed by atoms with Crippen LogP contribution in [0.3, 0.4) is 0 Å². The Morgan fingerprint density at radius 2 is 1.81 bits per heavy atom. The zero-order chi connectivity index (χ0) is 12.2. The van der Waals surface area contributed by atoms with E-state index in [9.17, 15) is 0 Å². The third-order valence-corrected chi connectivity index (χ3v) is 4.53. The quantitative estimate of drug-likeness (QED) is 0.756. The lowest BCUT2D eigenvalue weighted by Gasteiger charge is -2.31. The predicted molar refractivity (Wildman–Crippen MR) is 71.4 cm³/mol. The first-order valence-corrected chi connectivity index (χ1v) is 6.80. The molecule has 96 valence electrons. The zero-order valence-electron chi connectivity index (χ0n) is 11.6. The molecule has 1 rings (SSSR count). The molecule has 1 unspecified atom stereocenters. The summed E-state index contributed by atoms with van der Waals surface area (Å²) in [5.41, 5.74) is 6.75. The van der Waals surface area contributed by atoms with Crippen molar-refractivity contribution in [3.63, 3.8) is 0 Å². The van der Waals surface area contributed by atoms with Gasteiger partial charge in [-0.15, -0.1) is 0 Å². The minimum Gasteiger partial charge on any atom is -0.330 e. The first kappa shape index (κ1) is 14.0. The molecule has 1 aliphatic carbocycles. The van der Waals surface area contributed by atoms with E-state index in [-0.39, 0.29) is 0 Å². The molecule has 1 atom stereocenters. The van der Waals surface area contributed by atoms with Gasteiger partial charge in [0, 0.05) is 6.54 Å². The molecule has 0 aromatic heterocycles. The van der Waals surface area contributed by atoms with Crippen molar-refractivity contribution in [3.05, 3.63) is 0 Å². The van der Waals surface area contributed by atoms with Gasteiger partial charge in [-0.25, -0.2) is 0 Å². The van der Waals surface area contributed by atoms with Gasteiger partial charge in [0.1, 0.15) is 0 Å². The van der Waals surface area contributed by atoms with Crippen LogP contribution < -0.4 is 11.1 Å². The number of rotatable bonds is 5. The van der Waals surface area contributed by atoms with Crippen LogP contribution in [0.5, 0.6) is 0 Å². The van der Waals surface area contributed by atoms with Crippen LogP contribution in [-0.4, -0.2) is 19.6 Å². The van der Waals surface area contributed by atoms with Gasteiger partial charge in [-0.05, 0) is 42.7 Å². The van der Waals surface area contributed by atoms with E-state index in [0.717, 1.165) is 19.6 Å². The molecule has 0 aromatic rings. The number of hydrogen-bond acceptors (Lipinski definition) is 2. The SMILES string of the molecule is CC(CNCC1(CN)CCCC1)C(C)(C)C. The first-order chi connectivity index (χ1) is 7.40. The largest absolute Gasteiger partial charge is 0.330 e. The molecule has 1 fully saturated rings. The fourth-order valence-corrected chi connectivity index (χ4v) is 2.44. The third kappa shape index (κ3) is 3.74. The summed E-state index contributed by atoms with van der Waals surface area (Å²) >= 11 is 0. The van der Waals surface area contributed by atoms with Crippen molar-refractivity contribution in [2.45, 2.75) is 53.4 Å². The molecule has 0 amide bonds. The van der Waals surface area contributed by atoms with Gasteiger partial charge in [0.05, 0.1) is 0 Å². The van der Waals surface area contributed by atoms with Crippen molar-refractivity contribution in [3.8, 4) is 0 Å². The van der Waals surface area contributed by atoms with Crippen LogP contribution in [0.4, 0.5) is 0 Å². The highest BCUT2D eigenvalue weighted by Gasteiger charge is 2.32. The van der Waals surface area contributed by atoms with Crippen molar-refractivity contribution >= 4 is 0 Å². The summed E-state index contributed by atoms with van der Waals surface area (Å²) in [6.45, 7) is 12.4. The third-order valence-electron chi connectivity index (χ3n) is 4.53. The van der Waals surface area contributed by atoms with Crippen LogP contribution in [0.15, 0.2) is 0 Å². The summed E-state index contributed by atoms with van der Waals surface area (Å²) in [6.07, 6.45) is 5.38. The van der Waals surface area contributed by atoms with Gasteiger partial charge < -0.3 is 11.1 Å². The maximum absolute atomic E-state index is 5.93. The van der Waals surface area contributed by atoms with Crippen molar-refractivity contribution in [1.29, 1.82) is 0 Å². The second kappa shape index (κ2) is 5.50. The lowest BCUT2D eigenvalue weighted by molar-refractivity contribution is 0.228. The second-order valence-corrected chi connectivity index (χ2v) is 6.81. The predicted octanol–water partition coefficient (Wildman–Crippen LogP) is 2.78. The summed E-state index contributed by atoms with van der Waals surface area (Å²) in [7, 11) is 0. The Balaban J connectivity index is 2.29. The summed E-state index contributed by atoms with van der Waals surface area (Å²) in [6, 6.07) is 0. The standard InChI is InChI=1S/C14H30N2/c1-12(13(2,3)4)9-16-11-14(10-15)7-5-6-8-14/h12,16H,5-11,15H2,1-4H3. The first-order valence-electron chi connectivity index (χ1n) is 6.80. The number of nitrogens with two attached hydrogens (primary N) is 1. The molecule has 1 saturated carbocycles.